The average molecular weight is 437 g/mol. The maximum absolute atomic E-state index is 6.46. The lowest BCUT2D eigenvalue weighted by molar-refractivity contribution is -0.168. The van der Waals surface area contributed by atoms with Gasteiger partial charge < -0.3 is 25.5 Å². The second-order valence-corrected chi connectivity index (χ2v) is 9.93. The highest BCUT2D eigenvalue weighted by atomic mass is 16.8. The van der Waals surface area contributed by atoms with E-state index in [9.17, 15) is 0 Å². The van der Waals surface area contributed by atoms with Gasteiger partial charge in [0.25, 0.3) is 0 Å². The van der Waals surface area contributed by atoms with Crippen molar-refractivity contribution in [3.63, 3.8) is 0 Å². The monoisotopic (exact) mass is 436 g/mol. The molecule has 2 fully saturated rings. The first-order chi connectivity index (χ1) is 15.3. The molecule has 0 unspecified atom stereocenters. The molecule has 1 aliphatic carbocycles. The maximum atomic E-state index is 6.46. The second kappa shape index (κ2) is 7.71. The van der Waals surface area contributed by atoms with Crippen LogP contribution in [0.1, 0.15) is 58.2 Å². The van der Waals surface area contributed by atoms with E-state index in [4.69, 9.17) is 20.9 Å². The van der Waals surface area contributed by atoms with E-state index in [0.29, 0.717) is 11.6 Å². The van der Waals surface area contributed by atoms with Gasteiger partial charge in [0.1, 0.15) is 29.7 Å². The van der Waals surface area contributed by atoms with Crippen LogP contribution in [0.3, 0.4) is 0 Å². The molecule has 8 heteroatoms. The van der Waals surface area contributed by atoms with Crippen molar-refractivity contribution < 1.29 is 9.47 Å². The summed E-state index contributed by atoms with van der Waals surface area (Å²) >= 11 is 0. The molecule has 1 saturated carbocycles. The third-order valence-corrected chi connectivity index (χ3v) is 7.03. The first-order valence-corrected chi connectivity index (χ1v) is 11.4. The number of anilines is 2. The van der Waals surface area contributed by atoms with Gasteiger partial charge in [-0.25, -0.2) is 15.0 Å². The fourth-order valence-corrected chi connectivity index (χ4v) is 5.55. The Labute approximate surface area is 188 Å². The van der Waals surface area contributed by atoms with Crippen molar-refractivity contribution >= 4 is 22.7 Å². The molecule has 3 aromatic heterocycles. The van der Waals surface area contributed by atoms with Crippen LogP contribution < -0.4 is 11.5 Å². The summed E-state index contributed by atoms with van der Waals surface area (Å²) in [5.41, 5.74) is 13.8. The zero-order valence-corrected chi connectivity index (χ0v) is 19.0. The number of pyridine rings is 1. The number of nitrogens with two attached hydrogens (primary N) is 2. The summed E-state index contributed by atoms with van der Waals surface area (Å²) in [7, 11) is 0. The van der Waals surface area contributed by atoms with E-state index in [2.05, 4.69) is 32.6 Å². The minimum atomic E-state index is -0.599. The van der Waals surface area contributed by atoms with Crippen LogP contribution in [0.5, 0.6) is 0 Å². The Bertz CT molecular complexity index is 1130. The van der Waals surface area contributed by atoms with Crippen LogP contribution in [0, 0.1) is 5.41 Å². The Kier molecular flexibility index (Phi) is 5.09. The van der Waals surface area contributed by atoms with Crippen molar-refractivity contribution in [1.82, 2.24) is 19.5 Å². The lowest BCUT2D eigenvalue weighted by Gasteiger charge is -2.32. The number of aromatic nitrogens is 4. The van der Waals surface area contributed by atoms with Crippen molar-refractivity contribution in [1.29, 1.82) is 0 Å². The molecule has 3 aromatic rings. The molecule has 0 radical (unpaired) electrons. The highest BCUT2D eigenvalue weighted by Crippen LogP contribution is 2.55. The van der Waals surface area contributed by atoms with Crippen LogP contribution in [0.25, 0.3) is 11.0 Å². The molecule has 32 heavy (non-hydrogen) atoms. The minimum absolute atomic E-state index is 0.00140. The number of nitrogen functional groups attached to an aromatic ring is 2. The number of hydrogen-bond acceptors (Lipinski definition) is 7. The minimum Gasteiger partial charge on any atom is -0.384 e. The van der Waals surface area contributed by atoms with Crippen LogP contribution in [0.2, 0.25) is 0 Å². The van der Waals surface area contributed by atoms with E-state index in [0.717, 1.165) is 48.8 Å². The number of rotatable bonds is 6. The first-order valence-electron chi connectivity index (χ1n) is 11.4. The summed E-state index contributed by atoms with van der Waals surface area (Å²) in [6.07, 6.45) is 8.69. The predicted molar refractivity (Wildman–Crippen MR) is 124 cm³/mol. The SMILES string of the molecule is CC1(C)O[C@H]2[C@H](n3ccc4c(N)ncnc43)C[C@](C)(CCCCc3cccc(N)n3)[C@H]2O1. The van der Waals surface area contributed by atoms with Crippen LogP contribution in [-0.4, -0.2) is 37.5 Å². The Balaban J connectivity index is 1.35. The Morgan fingerprint density at radius 1 is 1.09 bits per heavy atom. The maximum Gasteiger partial charge on any atom is 0.163 e. The summed E-state index contributed by atoms with van der Waals surface area (Å²) in [6.45, 7) is 6.34. The summed E-state index contributed by atoms with van der Waals surface area (Å²) < 4.78 is 15.1. The number of fused-ring (bicyclic) bond motifs is 2. The highest BCUT2D eigenvalue weighted by Gasteiger charge is 2.59. The first kappa shape index (κ1) is 21.2. The van der Waals surface area contributed by atoms with Gasteiger partial charge in [-0.05, 0) is 63.1 Å². The van der Waals surface area contributed by atoms with E-state index in [-0.39, 0.29) is 23.7 Å². The molecular weight excluding hydrogens is 404 g/mol. The van der Waals surface area contributed by atoms with Crippen molar-refractivity contribution in [3.05, 3.63) is 42.5 Å². The van der Waals surface area contributed by atoms with Gasteiger partial charge in [0.15, 0.2) is 5.79 Å². The van der Waals surface area contributed by atoms with Gasteiger partial charge in [-0.3, -0.25) is 0 Å². The highest BCUT2D eigenvalue weighted by molar-refractivity contribution is 5.86. The van der Waals surface area contributed by atoms with E-state index in [1.54, 1.807) is 0 Å². The Hall–Kier alpha value is -2.71. The number of nitrogens with zero attached hydrogens (tertiary/aromatic N) is 4. The zero-order chi connectivity index (χ0) is 22.5. The van der Waals surface area contributed by atoms with Crippen molar-refractivity contribution in [3.8, 4) is 0 Å². The number of aryl methyl sites for hydroxylation is 1. The van der Waals surface area contributed by atoms with Crippen LogP contribution >= 0.6 is 0 Å². The van der Waals surface area contributed by atoms with Gasteiger partial charge in [0.2, 0.25) is 0 Å². The second-order valence-electron chi connectivity index (χ2n) is 9.93. The fourth-order valence-electron chi connectivity index (χ4n) is 5.55. The van der Waals surface area contributed by atoms with Gasteiger partial charge >= 0.3 is 0 Å². The van der Waals surface area contributed by atoms with Gasteiger partial charge in [-0.15, -0.1) is 0 Å². The van der Waals surface area contributed by atoms with Gasteiger partial charge in [0, 0.05) is 11.9 Å². The fraction of sp³-hybridized carbons (Fsp3) is 0.542. The standard InChI is InChI=1S/C24H32N6O2/c1-23(2)31-19-17(30-12-10-16-21(26)27-14-28-22(16)30)13-24(3,20(19)32-23)11-5-4-7-15-8-6-9-18(25)29-15/h6,8-10,12,14,17,19-20H,4-5,7,11,13H2,1-3H3,(H2,25,29)(H2,26,27,28)/t17-,19+,20+,24+/m1/s1. The van der Waals surface area contributed by atoms with E-state index >= 15 is 0 Å². The third kappa shape index (κ3) is 3.71. The molecule has 1 saturated heterocycles. The number of hydrogen-bond donors (Lipinski definition) is 2. The largest absolute Gasteiger partial charge is 0.384 e. The normalized spacial score (nSPS) is 28.9. The summed E-state index contributed by atoms with van der Waals surface area (Å²) in [4.78, 5) is 13.1. The molecular formula is C24H32N6O2. The smallest absolute Gasteiger partial charge is 0.163 e. The molecule has 4 heterocycles. The molecule has 4 atom stereocenters. The van der Waals surface area contributed by atoms with Crippen LogP contribution in [0.15, 0.2) is 36.8 Å². The van der Waals surface area contributed by atoms with E-state index < -0.39 is 5.79 Å². The van der Waals surface area contributed by atoms with Gasteiger partial charge in [-0.1, -0.05) is 19.4 Å². The molecule has 0 aromatic carbocycles. The Morgan fingerprint density at radius 2 is 1.94 bits per heavy atom. The molecule has 1 aliphatic heterocycles. The number of unbranched alkanes of at least 4 members (excludes halogenated alkanes) is 1. The summed E-state index contributed by atoms with van der Waals surface area (Å²) in [5.74, 6) is 0.487. The molecule has 170 valence electrons. The van der Waals surface area contributed by atoms with Crippen LogP contribution in [-0.2, 0) is 15.9 Å². The Morgan fingerprint density at radius 3 is 2.75 bits per heavy atom. The average Bonchev–Trinajstić information content (AvgIpc) is 3.38. The summed E-state index contributed by atoms with van der Waals surface area (Å²) in [6, 6.07) is 7.96. The molecule has 4 N–H and O–H groups in total. The third-order valence-electron chi connectivity index (χ3n) is 7.03. The van der Waals surface area contributed by atoms with E-state index in [1.807, 2.05) is 38.1 Å². The van der Waals surface area contributed by atoms with Gasteiger partial charge in [-0.2, -0.15) is 0 Å². The van der Waals surface area contributed by atoms with Crippen LogP contribution in [0.4, 0.5) is 11.6 Å². The molecule has 2 aliphatic rings. The molecule has 0 amide bonds. The molecule has 0 spiro atoms. The molecule has 8 nitrogen and oxygen atoms in total. The lowest BCUT2D eigenvalue weighted by atomic mass is 9.80. The molecule has 5 rings (SSSR count). The molecule has 0 bridgehead atoms. The topological polar surface area (TPSA) is 114 Å². The summed E-state index contributed by atoms with van der Waals surface area (Å²) in [5, 5.41) is 0.880. The lowest BCUT2D eigenvalue weighted by Crippen LogP contribution is -2.33. The van der Waals surface area contributed by atoms with Gasteiger partial charge in [0.05, 0.1) is 17.5 Å². The van der Waals surface area contributed by atoms with Crippen molar-refractivity contribution in [2.24, 2.45) is 5.41 Å². The van der Waals surface area contributed by atoms with Crippen molar-refractivity contribution in [2.75, 3.05) is 11.5 Å². The van der Waals surface area contributed by atoms with E-state index in [1.165, 1.54) is 6.33 Å². The van der Waals surface area contributed by atoms with Crippen molar-refractivity contribution in [2.45, 2.75) is 76.9 Å². The zero-order valence-electron chi connectivity index (χ0n) is 19.0. The predicted octanol–water partition coefficient (Wildman–Crippen LogP) is 3.87. The quantitative estimate of drug-likeness (QED) is 0.564. The number of ether oxygens (including phenoxy) is 2.